The van der Waals surface area contributed by atoms with E-state index in [0.29, 0.717) is 12.2 Å². The van der Waals surface area contributed by atoms with E-state index in [0.717, 1.165) is 6.42 Å². The Kier molecular flexibility index (Phi) is 7.58. The Labute approximate surface area is 101 Å². The van der Waals surface area contributed by atoms with Gasteiger partial charge in [0.05, 0.1) is 12.2 Å². The third-order valence-corrected chi connectivity index (χ3v) is 3.44. The second-order valence-electron chi connectivity index (χ2n) is 4.92. The molecule has 0 fully saturated rings. The van der Waals surface area contributed by atoms with E-state index in [1.165, 1.54) is 51.4 Å². The van der Waals surface area contributed by atoms with E-state index in [-0.39, 0.29) is 0 Å². The Morgan fingerprint density at radius 1 is 1.06 bits per heavy atom. The average molecular weight is 224 g/mol. The fraction of sp³-hybridized carbons (Fsp3) is 0.867. The molecule has 0 aromatic carbocycles. The first-order valence-electron chi connectivity index (χ1n) is 7.17. The molecule has 0 saturated carbocycles. The van der Waals surface area contributed by atoms with Crippen molar-refractivity contribution in [1.82, 2.24) is 0 Å². The lowest BCUT2D eigenvalue weighted by Gasteiger charge is -2.25. The van der Waals surface area contributed by atoms with Gasteiger partial charge in [-0.05, 0) is 32.1 Å². The molecule has 1 aliphatic heterocycles. The van der Waals surface area contributed by atoms with Gasteiger partial charge in [-0.2, -0.15) is 0 Å². The molecule has 2 atom stereocenters. The Hall–Kier alpha value is -0.300. The lowest BCUT2D eigenvalue weighted by Crippen LogP contribution is -2.22. The van der Waals surface area contributed by atoms with Crippen LogP contribution < -0.4 is 0 Å². The molecule has 1 nitrogen and oxygen atoms in total. The van der Waals surface area contributed by atoms with Crippen molar-refractivity contribution in [1.29, 1.82) is 0 Å². The molecule has 0 radical (unpaired) electrons. The molecule has 1 heteroatoms. The maximum absolute atomic E-state index is 6.17. The van der Waals surface area contributed by atoms with Crippen molar-refractivity contribution in [3.8, 4) is 0 Å². The summed E-state index contributed by atoms with van der Waals surface area (Å²) in [5.41, 5.74) is 0. The van der Waals surface area contributed by atoms with Gasteiger partial charge in [-0.1, -0.05) is 51.7 Å². The van der Waals surface area contributed by atoms with Gasteiger partial charge in [0.15, 0.2) is 0 Å². The maximum Gasteiger partial charge on any atom is 0.0613 e. The van der Waals surface area contributed by atoms with Crippen LogP contribution in [0.1, 0.15) is 71.6 Å². The van der Waals surface area contributed by atoms with E-state index in [1.807, 2.05) is 0 Å². The highest BCUT2D eigenvalue weighted by atomic mass is 16.5. The van der Waals surface area contributed by atoms with Crippen LogP contribution in [0.15, 0.2) is 12.2 Å². The molecule has 0 amide bonds. The highest BCUT2D eigenvalue weighted by Gasteiger charge is 2.15. The van der Waals surface area contributed by atoms with Gasteiger partial charge in [0, 0.05) is 0 Å². The van der Waals surface area contributed by atoms with Crippen molar-refractivity contribution in [3.05, 3.63) is 12.2 Å². The van der Waals surface area contributed by atoms with Gasteiger partial charge in [-0.3, -0.25) is 0 Å². The van der Waals surface area contributed by atoms with Crippen LogP contribution >= 0.6 is 0 Å². The molecule has 0 aliphatic carbocycles. The second-order valence-corrected chi connectivity index (χ2v) is 4.92. The Balaban J connectivity index is 2.25. The molecular weight excluding hydrogens is 196 g/mol. The van der Waals surface area contributed by atoms with Gasteiger partial charge < -0.3 is 4.74 Å². The fourth-order valence-electron chi connectivity index (χ4n) is 2.33. The van der Waals surface area contributed by atoms with E-state index in [1.54, 1.807) is 0 Å². The molecule has 0 aromatic rings. The first-order chi connectivity index (χ1) is 7.86. The molecule has 1 heterocycles. The van der Waals surface area contributed by atoms with Crippen LogP contribution in [0, 0.1) is 0 Å². The smallest absolute Gasteiger partial charge is 0.0613 e. The monoisotopic (exact) mass is 224 g/mol. The van der Waals surface area contributed by atoms with Crippen LogP contribution in [0.25, 0.3) is 0 Å². The van der Waals surface area contributed by atoms with Gasteiger partial charge in [-0.15, -0.1) is 0 Å². The maximum atomic E-state index is 6.17. The molecule has 0 saturated heterocycles. The molecule has 1 aliphatic rings. The van der Waals surface area contributed by atoms with E-state index < -0.39 is 0 Å². The minimum absolute atomic E-state index is 0.485. The predicted octanol–water partition coefficient (Wildman–Crippen LogP) is 4.86. The topological polar surface area (TPSA) is 9.23 Å². The van der Waals surface area contributed by atoms with Crippen LogP contribution in [0.4, 0.5) is 0 Å². The molecule has 0 unspecified atom stereocenters. The molecule has 0 spiro atoms. The number of allylic oxidation sites excluding steroid dienone is 1. The number of rotatable bonds is 6. The number of hydrogen-bond donors (Lipinski definition) is 0. The Bertz CT molecular complexity index is 186. The zero-order valence-electron chi connectivity index (χ0n) is 11.1. The van der Waals surface area contributed by atoms with Crippen molar-refractivity contribution < 1.29 is 4.74 Å². The molecule has 1 rings (SSSR count). The van der Waals surface area contributed by atoms with Crippen molar-refractivity contribution in [2.45, 2.75) is 83.8 Å². The molecule has 0 bridgehead atoms. The van der Waals surface area contributed by atoms with E-state index in [2.05, 4.69) is 26.0 Å². The standard InChI is InChI=1S/C15H28O/c1-3-5-6-8-12-15-13-10-7-9-11-14(4-2)16-15/h7,10,14-15H,3-6,8-9,11-13H2,1-2H3/b10-7-/t14-,15+/m1/s1. The van der Waals surface area contributed by atoms with Crippen LogP contribution in [-0.4, -0.2) is 12.2 Å². The largest absolute Gasteiger partial charge is 0.375 e. The van der Waals surface area contributed by atoms with E-state index >= 15 is 0 Å². The zero-order valence-corrected chi connectivity index (χ0v) is 11.1. The minimum Gasteiger partial charge on any atom is -0.375 e. The molecule has 0 aromatic heterocycles. The summed E-state index contributed by atoms with van der Waals surface area (Å²) < 4.78 is 6.17. The Morgan fingerprint density at radius 2 is 1.94 bits per heavy atom. The summed E-state index contributed by atoms with van der Waals surface area (Å²) >= 11 is 0. The van der Waals surface area contributed by atoms with E-state index in [9.17, 15) is 0 Å². The van der Waals surface area contributed by atoms with Crippen LogP contribution in [0.3, 0.4) is 0 Å². The van der Waals surface area contributed by atoms with Gasteiger partial charge in [0.25, 0.3) is 0 Å². The van der Waals surface area contributed by atoms with Gasteiger partial charge >= 0.3 is 0 Å². The minimum atomic E-state index is 0.485. The summed E-state index contributed by atoms with van der Waals surface area (Å²) in [5, 5.41) is 0. The molecular formula is C15H28O. The third kappa shape index (κ3) is 5.69. The highest BCUT2D eigenvalue weighted by molar-refractivity contribution is 4.87. The van der Waals surface area contributed by atoms with Crippen molar-refractivity contribution >= 4 is 0 Å². The lowest BCUT2D eigenvalue weighted by atomic mass is 10.0. The summed E-state index contributed by atoms with van der Waals surface area (Å²) in [6.07, 6.45) is 17.0. The summed E-state index contributed by atoms with van der Waals surface area (Å²) in [6, 6.07) is 0. The lowest BCUT2D eigenvalue weighted by molar-refractivity contribution is -0.0226. The summed E-state index contributed by atoms with van der Waals surface area (Å²) in [6.45, 7) is 4.51. The molecule has 16 heavy (non-hydrogen) atoms. The highest BCUT2D eigenvalue weighted by Crippen LogP contribution is 2.20. The van der Waals surface area contributed by atoms with Gasteiger partial charge in [-0.25, -0.2) is 0 Å². The molecule has 94 valence electrons. The van der Waals surface area contributed by atoms with Gasteiger partial charge in [0.1, 0.15) is 0 Å². The quantitative estimate of drug-likeness (QED) is 0.462. The summed E-state index contributed by atoms with van der Waals surface area (Å²) in [5.74, 6) is 0. The SMILES string of the molecule is CCCCCC[C@H]1C/C=C\CC[C@@H](CC)O1. The van der Waals surface area contributed by atoms with E-state index in [4.69, 9.17) is 4.74 Å². The first kappa shape index (κ1) is 13.8. The van der Waals surface area contributed by atoms with Crippen molar-refractivity contribution in [2.24, 2.45) is 0 Å². The number of unbranched alkanes of at least 4 members (excludes halogenated alkanes) is 3. The van der Waals surface area contributed by atoms with Crippen LogP contribution in [-0.2, 0) is 4.74 Å². The second kappa shape index (κ2) is 8.81. The summed E-state index contributed by atoms with van der Waals surface area (Å²) in [7, 11) is 0. The van der Waals surface area contributed by atoms with Crippen LogP contribution in [0.2, 0.25) is 0 Å². The predicted molar refractivity (Wildman–Crippen MR) is 70.7 cm³/mol. The number of hydrogen-bond acceptors (Lipinski definition) is 1. The fourth-order valence-corrected chi connectivity index (χ4v) is 2.33. The van der Waals surface area contributed by atoms with Crippen molar-refractivity contribution in [2.75, 3.05) is 0 Å². The number of ether oxygens (including phenoxy) is 1. The zero-order chi connectivity index (χ0) is 11.6. The average Bonchev–Trinajstić information content (AvgIpc) is 2.27. The first-order valence-corrected chi connectivity index (χ1v) is 7.17. The summed E-state index contributed by atoms with van der Waals surface area (Å²) in [4.78, 5) is 0. The molecule has 0 N–H and O–H groups in total. The van der Waals surface area contributed by atoms with Crippen molar-refractivity contribution in [3.63, 3.8) is 0 Å². The van der Waals surface area contributed by atoms with Crippen LogP contribution in [0.5, 0.6) is 0 Å². The van der Waals surface area contributed by atoms with Gasteiger partial charge in [0.2, 0.25) is 0 Å². The Morgan fingerprint density at radius 3 is 2.69 bits per heavy atom. The normalized spacial score (nSPS) is 28.4. The third-order valence-electron chi connectivity index (χ3n) is 3.44.